The van der Waals surface area contributed by atoms with Crippen LogP contribution in [0.5, 0.6) is 51.7 Å². The molecule has 4 aromatic rings. The molecule has 10 nitrogen and oxygen atoms in total. The average Bonchev–Trinajstić information content (AvgIpc) is 3.16. The fourth-order valence-corrected chi connectivity index (χ4v) is 8.20. The Balaban J connectivity index is 0.00000271. The van der Waals surface area contributed by atoms with Gasteiger partial charge in [0.05, 0.1) is 49.8 Å². The molecule has 0 bridgehead atoms. The van der Waals surface area contributed by atoms with Crippen LogP contribution in [-0.4, -0.2) is 86.8 Å². The molecule has 0 unspecified atom stereocenters. The molecule has 286 valence electrons. The number of benzene rings is 4. The van der Waals surface area contributed by atoms with E-state index in [0.29, 0.717) is 40.9 Å². The Labute approximate surface area is 325 Å². The summed E-state index contributed by atoms with van der Waals surface area (Å²) in [6.07, 6.45) is 3.35. The Kier molecular flexibility index (Phi) is 12.4. The fraction of sp³-hybridized carbons (Fsp3) is 0.415. The molecule has 3 aliphatic rings. The van der Waals surface area contributed by atoms with E-state index in [2.05, 4.69) is 54.2 Å². The van der Waals surface area contributed by atoms with Crippen molar-refractivity contribution in [1.82, 2.24) is 9.80 Å². The normalized spacial score (nSPS) is 17.2. The van der Waals surface area contributed by atoms with Gasteiger partial charge in [-0.25, -0.2) is 0 Å². The van der Waals surface area contributed by atoms with Gasteiger partial charge in [-0.1, -0.05) is 0 Å². The highest BCUT2D eigenvalue weighted by Gasteiger charge is 2.37. The van der Waals surface area contributed by atoms with Crippen molar-refractivity contribution in [3.8, 4) is 62.9 Å². The molecule has 1 aliphatic carbocycles. The third kappa shape index (κ3) is 6.98. The first-order chi connectivity index (χ1) is 24.8. The Bertz CT molecular complexity index is 1970. The average molecular weight is 770 g/mol. The highest BCUT2D eigenvalue weighted by atomic mass is 35.5. The maximum atomic E-state index is 6.92. The molecule has 0 radical (unpaired) electrons. The van der Waals surface area contributed by atoms with Gasteiger partial charge in [0.2, 0.25) is 0 Å². The van der Waals surface area contributed by atoms with Crippen molar-refractivity contribution in [1.29, 1.82) is 0 Å². The Morgan fingerprint density at radius 3 is 1.75 bits per heavy atom. The second-order valence-electron chi connectivity index (χ2n) is 13.4. The summed E-state index contributed by atoms with van der Waals surface area (Å²) in [5.41, 5.74) is 9.31. The summed E-state index contributed by atoms with van der Waals surface area (Å²) in [4.78, 5) is 4.81. The molecule has 0 fully saturated rings. The summed E-state index contributed by atoms with van der Waals surface area (Å²) in [5.74, 6) is 6.05. The van der Waals surface area contributed by atoms with Crippen LogP contribution in [0.3, 0.4) is 0 Å². The van der Waals surface area contributed by atoms with E-state index < -0.39 is 0 Å². The zero-order chi connectivity index (χ0) is 36.0. The lowest BCUT2D eigenvalue weighted by Crippen LogP contribution is -2.35. The minimum Gasteiger partial charge on any atom is -0.493 e. The largest absolute Gasteiger partial charge is 0.493 e. The summed E-state index contributed by atoms with van der Waals surface area (Å²) in [5, 5.41) is 0. The van der Waals surface area contributed by atoms with Gasteiger partial charge in [-0.2, -0.15) is 0 Å². The predicted octanol–water partition coefficient (Wildman–Crippen LogP) is 7.91. The van der Waals surface area contributed by atoms with Gasteiger partial charge in [0.1, 0.15) is 5.75 Å². The van der Waals surface area contributed by atoms with Gasteiger partial charge in [0.15, 0.2) is 46.0 Å². The second-order valence-corrected chi connectivity index (χ2v) is 13.4. The first-order valence-electron chi connectivity index (χ1n) is 17.3. The summed E-state index contributed by atoms with van der Waals surface area (Å²) in [7, 11) is 16.1. The van der Waals surface area contributed by atoms with Gasteiger partial charge in [-0.3, -0.25) is 9.80 Å². The van der Waals surface area contributed by atoms with E-state index in [0.717, 1.165) is 71.9 Å². The lowest BCUT2D eigenvalue weighted by atomic mass is 9.76. The van der Waals surface area contributed by atoms with Crippen molar-refractivity contribution in [2.75, 3.05) is 77.0 Å². The zero-order valence-corrected chi connectivity index (χ0v) is 33.5. The van der Waals surface area contributed by atoms with Crippen molar-refractivity contribution in [2.24, 2.45) is 0 Å². The van der Waals surface area contributed by atoms with Crippen LogP contribution in [0.15, 0.2) is 42.5 Å². The summed E-state index contributed by atoms with van der Waals surface area (Å²) in [6.45, 7) is 1.87. The zero-order valence-electron chi connectivity index (χ0n) is 31.9. The van der Waals surface area contributed by atoms with Gasteiger partial charge in [0, 0.05) is 42.4 Å². The highest BCUT2D eigenvalue weighted by molar-refractivity contribution is 5.86. The third-order valence-electron chi connectivity index (χ3n) is 10.9. The molecule has 2 aliphatic heterocycles. The highest BCUT2D eigenvalue weighted by Crippen LogP contribution is 2.54. The number of hydrogen-bond donors (Lipinski definition) is 0. The van der Waals surface area contributed by atoms with Gasteiger partial charge >= 0.3 is 0 Å². The molecule has 0 N–H and O–H groups in total. The van der Waals surface area contributed by atoms with E-state index in [1.807, 2.05) is 12.1 Å². The summed E-state index contributed by atoms with van der Waals surface area (Å²) < 4.78 is 47.8. The standard InChI is InChI=1S/C41H48N2O8.2ClH/c1-42-12-10-23-16-32(44-3)34(46-5)20-27(23)29(42)15-26-19-33(45-4)36(48-7)22-31(26)51-37-18-25-14-30-39-24(11-13-43(30)2)17-38(49-8)41(50-9)40(39)28(25)21-35(37)47-6;;/h16-22,29-30H,10-15H2,1-9H3;2*1H/t29-,30-;;/m0../s1. The fourth-order valence-electron chi connectivity index (χ4n) is 8.20. The van der Waals surface area contributed by atoms with Crippen molar-refractivity contribution < 1.29 is 37.9 Å². The molecule has 12 heteroatoms. The number of rotatable bonds is 11. The van der Waals surface area contributed by atoms with E-state index in [9.17, 15) is 0 Å². The lowest BCUT2D eigenvalue weighted by Gasteiger charge is -2.40. The maximum absolute atomic E-state index is 6.92. The first kappa shape index (κ1) is 40.0. The quantitative estimate of drug-likeness (QED) is 0.150. The number of ether oxygens (including phenoxy) is 8. The molecule has 2 heterocycles. The molecule has 0 spiro atoms. The maximum Gasteiger partial charge on any atom is 0.169 e. The van der Waals surface area contributed by atoms with Crippen molar-refractivity contribution in [2.45, 2.75) is 37.8 Å². The van der Waals surface area contributed by atoms with E-state index >= 15 is 0 Å². The Morgan fingerprint density at radius 1 is 0.547 bits per heavy atom. The van der Waals surface area contributed by atoms with Gasteiger partial charge < -0.3 is 37.9 Å². The van der Waals surface area contributed by atoms with Crippen molar-refractivity contribution in [3.63, 3.8) is 0 Å². The Morgan fingerprint density at radius 2 is 1.09 bits per heavy atom. The number of nitrogens with zero attached hydrogens (tertiary/aromatic N) is 2. The van der Waals surface area contributed by atoms with E-state index in [1.54, 1.807) is 49.8 Å². The van der Waals surface area contributed by atoms with Gasteiger partial charge in [-0.05, 0) is 110 Å². The topological polar surface area (TPSA) is 80.3 Å². The van der Waals surface area contributed by atoms with E-state index in [-0.39, 0.29) is 36.9 Å². The van der Waals surface area contributed by atoms with Gasteiger partial charge in [-0.15, -0.1) is 24.8 Å². The number of halogens is 2. The number of hydrogen-bond acceptors (Lipinski definition) is 10. The molecule has 0 amide bonds. The molecule has 4 aromatic carbocycles. The molecule has 2 atom stereocenters. The van der Waals surface area contributed by atoms with Crippen LogP contribution in [0, 0.1) is 0 Å². The molecular formula is C41H50Cl2N2O8. The number of likely N-dealkylation sites (N-methyl/N-ethyl adjacent to an activating group) is 2. The molecular weight excluding hydrogens is 719 g/mol. The molecule has 0 aromatic heterocycles. The molecule has 53 heavy (non-hydrogen) atoms. The molecule has 7 rings (SSSR count). The van der Waals surface area contributed by atoms with Crippen LogP contribution in [0.2, 0.25) is 0 Å². The summed E-state index contributed by atoms with van der Waals surface area (Å²) in [6, 6.07) is 14.7. The monoisotopic (exact) mass is 768 g/mol. The number of methoxy groups -OCH3 is 7. The van der Waals surface area contributed by atoms with Gasteiger partial charge in [0.25, 0.3) is 0 Å². The summed E-state index contributed by atoms with van der Waals surface area (Å²) >= 11 is 0. The van der Waals surface area contributed by atoms with Crippen molar-refractivity contribution >= 4 is 24.8 Å². The smallest absolute Gasteiger partial charge is 0.169 e. The minimum absolute atomic E-state index is 0. The predicted molar refractivity (Wildman–Crippen MR) is 211 cm³/mol. The minimum atomic E-state index is 0. The van der Waals surface area contributed by atoms with Crippen LogP contribution >= 0.6 is 24.8 Å². The van der Waals surface area contributed by atoms with Crippen LogP contribution < -0.4 is 37.9 Å². The Hall–Kier alpha value is -4.22. The SMILES string of the molecule is COc1cc(C[C@H]2c3cc(OC)c(OC)cc3CCN2C)c(Oc2cc3c(cc2OC)-c2c(OC)c(OC)cc4c2[C@H](C3)N(C)CC4)cc1OC.Cl.Cl. The second kappa shape index (κ2) is 16.4. The number of fused-ring (bicyclic) bond motifs is 3. The third-order valence-corrected chi connectivity index (χ3v) is 10.9. The van der Waals surface area contributed by atoms with Crippen LogP contribution in [0.1, 0.15) is 45.5 Å². The van der Waals surface area contributed by atoms with Crippen LogP contribution in [0.4, 0.5) is 0 Å². The van der Waals surface area contributed by atoms with E-state index in [4.69, 9.17) is 37.9 Å². The van der Waals surface area contributed by atoms with Crippen LogP contribution in [-0.2, 0) is 25.7 Å². The van der Waals surface area contributed by atoms with E-state index in [1.165, 1.54) is 22.3 Å². The van der Waals surface area contributed by atoms with Crippen molar-refractivity contribution in [3.05, 3.63) is 75.8 Å². The molecule has 0 saturated heterocycles. The lowest BCUT2D eigenvalue weighted by molar-refractivity contribution is 0.226. The molecule has 0 saturated carbocycles. The first-order valence-corrected chi connectivity index (χ1v) is 17.3. The van der Waals surface area contributed by atoms with Crippen LogP contribution in [0.25, 0.3) is 11.1 Å².